The van der Waals surface area contributed by atoms with Gasteiger partial charge in [-0.1, -0.05) is 24.6 Å². The average molecular weight is 483 g/mol. The van der Waals surface area contributed by atoms with E-state index in [1.165, 1.54) is 26.9 Å². The highest BCUT2D eigenvalue weighted by Gasteiger charge is 2.34. The van der Waals surface area contributed by atoms with Gasteiger partial charge >= 0.3 is 5.97 Å². The summed E-state index contributed by atoms with van der Waals surface area (Å²) in [5.41, 5.74) is 9.73. The third kappa shape index (κ3) is 5.07. The molecule has 0 saturated carbocycles. The van der Waals surface area contributed by atoms with Crippen molar-refractivity contribution in [3.8, 4) is 17.2 Å². The van der Waals surface area contributed by atoms with Crippen LogP contribution in [-0.4, -0.2) is 56.1 Å². The number of nitrogens with two attached hydrogens (primary N) is 1. The molecule has 0 saturated heterocycles. The van der Waals surface area contributed by atoms with Crippen molar-refractivity contribution >= 4 is 16.9 Å². The van der Waals surface area contributed by atoms with Gasteiger partial charge in [-0.15, -0.1) is 0 Å². The molecule has 188 valence electrons. The monoisotopic (exact) mass is 482 g/mol. The lowest BCUT2D eigenvalue weighted by atomic mass is 9.92. The zero-order valence-corrected chi connectivity index (χ0v) is 20.4. The Labute approximate surface area is 204 Å². The number of H-pyrrole nitrogens is 1. The normalized spacial score (nSPS) is 18.2. The van der Waals surface area contributed by atoms with Crippen LogP contribution in [0, 0.1) is 0 Å². The molecule has 2 heterocycles. The molecule has 35 heavy (non-hydrogen) atoms. The first-order chi connectivity index (χ1) is 17.0. The summed E-state index contributed by atoms with van der Waals surface area (Å²) in [6.07, 6.45) is 2.76. The predicted molar refractivity (Wildman–Crippen MR) is 134 cm³/mol. The number of phenols is 1. The van der Waals surface area contributed by atoms with Crippen molar-refractivity contribution in [3.63, 3.8) is 0 Å². The van der Waals surface area contributed by atoms with Crippen LogP contribution >= 0.6 is 0 Å². The molecule has 0 radical (unpaired) electrons. The first kappa shape index (κ1) is 24.8. The Morgan fingerprint density at radius 2 is 1.89 bits per heavy atom. The van der Waals surface area contributed by atoms with Gasteiger partial charge in [0, 0.05) is 23.0 Å². The van der Waals surface area contributed by atoms with E-state index in [0.717, 1.165) is 35.0 Å². The highest BCUT2D eigenvalue weighted by Crippen LogP contribution is 2.42. The van der Waals surface area contributed by atoms with Crippen molar-refractivity contribution in [1.29, 1.82) is 0 Å². The number of methoxy groups -OCH3 is 3. The maximum atomic E-state index is 12.5. The summed E-state index contributed by atoms with van der Waals surface area (Å²) in [6.45, 7) is 0.584. The summed E-state index contributed by atoms with van der Waals surface area (Å²) in [4.78, 5) is 16.1. The fourth-order valence-corrected chi connectivity index (χ4v) is 4.83. The summed E-state index contributed by atoms with van der Waals surface area (Å²) in [7, 11) is 4.42. The van der Waals surface area contributed by atoms with Gasteiger partial charge in [0.2, 0.25) is 5.75 Å². The Bertz CT molecular complexity index is 1150. The van der Waals surface area contributed by atoms with E-state index in [9.17, 15) is 9.90 Å². The molecule has 0 aliphatic carbocycles. The van der Waals surface area contributed by atoms with Crippen LogP contribution in [0.1, 0.15) is 42.1 Å². The zero-order valence-electron chi connectivity index (χ0n) is 20.4. The molecule has 6 N–H and O–H groups in total. The number of hydrogen-bond acceptors (Lipinski definition) is 8. The van der Waals surface area contributed by atoms with Crippen LogP contribution in [0.5, 0.6) is 17.2 Å². The van der Waals surface area contributed by atoms with E-state index >= 15 is 0 Å². The van der Waals surface area contributed by atoms with Gasteiger partial charge < -0.3 is 30.0 Å². The zero-order chi connectivity index (χ0) is 24.9. The number of rotatable bonds is 10. The Balaban J connectivity index is 1.74. The van der Waals surface area contributed by atoms with Crippen LogP contribution < -0.4 is 25.8 Å². The lowest BCUT2D eigenvalue weighted by Gasteiger charge is -2.34. The van der Waals surface area contributed by atoms with Crippen LogP contribution in [0.2, 0.25) is 0 Å². The number of unbranched alkanes of at least 4 members (excludes halogenated alkanes) is 1. The number of carbonyl (C=O) groups is 1. The fourth-order valence-electron chi connectivity index (χ4n) is 4.83. The van der Waals surface area contributed by atoms with Crippen LogP contribution in [0.15, 0.2) is 36.4 Å². The van der Waals surface area contributed by atoms with Crippen molar-refractivity contribution in [2.45, 2.75) is 43.9 Å². The van der Waals surface area contributed by atoms with Crippen molar-refractivity contribution in [2.24, 2.45) is 5.73 Å². The minimum atomic E-state index is -0.458. The molecule has 9 heteroatoms. The van der Waals surface area contributed by atoms with E-state index in [1.54, 1.807) is 12.1 Å². The molecular weight excluding hydrogens is 448 g/mol. The van der Waals surface area contributed by atoms with Gasteiger partial charge in [0.15, 0.2) is 11.5 Å². The molecule has 3 atom stereocenters. The number of benzene rings is 2. The Hall–Kier alpha value is -3.27. The molecule has 0 fully saturated rings. The van der Waals surface area contributed by atoms with E-state index in [0.29, 0.717) is 30.9 Å². The van der Waals surface area contributed by atoms with E-state index in [2.05, 4.69) is 27.8 Å². The number of aromatic hydroxyl groups is 1. The minimum absolute atomic E-state index is 0.0493. The quantitative estimate of drug-likeness (QED) is 0.220. The number of fused-ring (bicyclic) bond motifs is 3. The number of aromatic amines is 1. The van der Waals surface area contributed by atoms with E-state index < -0.39 is 6.04 Å². The molecule has 2 aromatic carbocycles. The van der Waals surface area contributed by atoms with E-state index in [-0.39, 0.29) is 23.9 Å². The van der Waals surface area contributed by atoms with Gasteiger partial charge in [-0.3, -0.25) is 15.4 Å². The second kappa shape index (κ2) is 11.0. The summed E-state index contributed by atoms with van der Waals surface area (Å²) in [5.74, 6) is 0.302. The number of aromatic nitrogens is 1. The number of ether oxygens (including phenoxy) is 3. The standard InChI is InChI=1S/C26H34N4O5/c1-33-20-12-15(13-21(34-2)25(20)31)23-24-17(16-8-4-5-9-18(16)29-24)14-22(30-23)28-19(26(32)35-3)10-6-7-11-27/h4-5,8-9,12-13,19,22-23,28-31H,6-7,10-11,14,27H2,1-3H3/t19-,22-,23+/m0/s1. The van der Waals surface area contributed by atoms with E-state index in [1.807, 2.05) is 12.1 Å². The maximum absolute atomic E-state index is 12.5. The number of esters is 1. The van der Waals surface area contributed by atoms with Crippen LogP contribution in [0.25, 0.3) is 10.9 Å². The second-order valence-electron chi connectivity index (χ2n) is 8.72. The minimum Gasteiger partial charge on any atom is -0.502 e. The van der Waals surface area contributed by atoms with Crippen LogP contribution in [-0.2, 0) is 16.0 Å². The predicted octanol–water partition coefficient (Wildman–Crippen LogP) is 2.71. The number of carbonyl (C=O) groups excluding carboxylic acids is 1. The SMILES string of the molecule is COC(=O)[C@H](CCCCN)N[C@@H]1Cc2c([nH]c3ccccc23)[C@@H](c2cc(OC)c(O)c(OC)c2)N1. The third-order valence-corrected chi connectivity index (χ3v) is 6.58. The summed E-state index contributed by atoms with van der Waals surface area (Å²) in [5, 5.41) is 18.7. The summed E-state index contributed by atoms with van der Waals surface area (Å²) >= 11 is 0. The number of phenolic OH excluding ortho intramolecular Hbond substituents is 1. The summed E-state index contributed by atoms with van der Waals surface area (Å²) < 4.78 is 15.9. The average Bonchev–Trinajstić information content (AvgIpc) is 3.26. The van der Waals surface area contributed by atoms with Gasteiger partial charge in [-0.05, 0) is 48.7 Å². The van der Waals surface area contributed by atoms with Gasteiger partial charge in [-0.25, -0.2) is 0 Å². The highest BCUT2D eigenvalue weighted by atomic mass is 16.5. The van der Waals surface area contributed by atoms with Crippen LogP contribution in [0.3, 0.4) is 0 Å². The number of hydrogen-bond donors (Lipinski definition) is 5. The van der Waals surface area contributed by atoms with Gasteiger partial charge in [0.05, 0.1) is 33.5 Å². The van der Waals surface area contributed by atoms with Gasteiger partial charge in [0.1, 0.15) is 6.04 Å². The number of nitrogens with one attached hydrogen (secondary N) is 3. The lowest BCUT2D eigenvalue weighted by Crippen LogP contribution is -2.54. The molecule has 4 rings (SSSR count). The molecule has 1 aliphatic rings. The van der Waals surface area contributed by atoms with Crippen LogP contribution in [0.4, 0.5) is 0 Å². The molecule has 1 aromatic heterocycles. The maximum Gasteiger partial charge on any atom is 0.322 e. The van der Waals surface area contributed by atoms with Crippen molar-refractivity contribution in [3.05, 3.63) is 53.2 Å². The molecule has 0 bridgehead atoms. The first-order valence-electron chi connectivity index (χ1n) is 11.8. The first-order valence-corrected chi connectivity index (χ1v) is 11.8. The molecule has 0 amide bonds. The molecule has 1 aliphatic heterocycles. The molecule has 0 unspecified atom stereocenters. The molecule has 3 aromatic rings. The topological polar surface area (TPSA) is 131 Å². The van der Waals surface area contributed by atoms with Gasteiger partial charge in [-0.2, -0.15) is 0 Å². The number of para-hydroxylation sites is 1. The lowest BCUT2D eigenvalue weighted by molar-refractivity contribution is -0.143. The Morgan fingerprint density at radius 1 is 1.17 bits per heavy atom. The molecule has 0 spiro atoms. The fraction of sp³-hybridized carbons (Fsp3) is 0.423. The van der Waals surface area contributed by atoms with Crippen molar-refractivity contribution in [2.75, 3.05) is 27.9 Å². The Morgan fingerprint density at radius 3 is 2.54 bits per heavy atom. The largest absolute Gasteiger partial charge is 0.502 e. The Kier molecular flexibility index (Phi) is 7.80. The van der Waals surface area contributed by atoms with Gasteiger partial charge in [0.25, 0.3) is 0 Å². The highest BCUT2D eigenvalue weighted by molar-refractivity contribution is 5.85. The third-order valence-electron chi connectivity index (χ3n) is 6.58. The second-order valence-corrected chi connectivity index (χ2v) is 8.72. The molecular formula is C26H34N4O5. The molecule has 9 nitrogen and oxygen atoms in total. The van der Waals surface area contributed by atoms with Crippen molar-refractivity contribution < 1.29 is 24.1 Å². The van der Waals surface area contributed by atoms with Crippen molar-refractivity contribution in [1.82, 2.24) is 15.6 Å². The smallest absolute Gasteiger partial charge is 0.322 e. The van der Waals surface area contributed by atoms with E-state index in [4.69, 9.17) is 19.9 Å². The summed E-state index contributed by atoms with van der Waals surface area (Å²) in [6, 6.07) is 11.0.